The normalized spacial score (nSPS) is 28.6. The summed E-state index contributed by atoms with van der Waals surface area (Å²) in [6, 6.07) is 0.788. The molecule has 2 aliphatic rings. The van der Waals surface area contributed by atoms with Gasteiger partial charge < -0.3 is 15.4 Å². The first-order valence-corrected chi connectivity index (χ1v) is 8.49. The van der Waals surface area contributed by atoms with Crippen molar-refractivity contribution in [1.29, 1.82) is 0 Å². The van der Waals surface area contributed by atoms with Crippen molar-refractivity contribution in [1.82, 2.24) is 10.6 Å². The summed E-state index contributed by atoms with van der Waals surface area (Å²) in [5.74, 6) is 0. The van der Waals surface area contributed by atoms with Crippen LogP contribution in [0.2, 0.25) is 0 Å². The fraction of sp³-hybridized carbons (Fsp3) is 0.941. The van der Waals surface area contributed by atoms with Crippen LogP contribution in [0.5, 0.6) is 0 Å². The van der Waals surface area contributed by atoms with E-state index in [0.717, 1.165) is 19.4 Å². The van der Waals surface area contributed by atoms with E-state index in [0.29, 0.717) is 11.5 Å². The van der Waals surface area contributed by atoms with E-state index in [4.69, 9.17) is 4.74 Å². The number of hydrogen-bond acceptors (Lipinski definition) is 3. The Morgan fingerprint density at radius 3 is 2.43 bits per heavy atom. The van der Waals surface area contributed by atoms with Crippen molar-refractivity contribution < 1.29 is 9.53 Å². The molecule has 0 radical (unpaired) electrons. The molecule has 0 bridgehead atoms. The van der Waals surface area contributed by atoms with E-state index in [1.165, 1.54) is 32.1 Å². The molecule has 2 unspecified atom stereocenters. The highest BCUT2D eigenvalue weighted by Gasteiger charge is 2.33. The summed E-state index contributed by atoms with van der Waals surface area (Å²) in [5, 5.41) is 6.75. The minimum Gasteiger partial charge on any atom is -0.444 e. The quantitative estimate of drug-likeness (QED) is 0.833. The molecule has 0 saturated heterocycles. The Kier molecular flexibility index (Phi) is 5.18. The molecule has 0 aromatic rings. The molecule has 21 heavy (non-hydrogen) atoms. The molecule has 2 fully saturated rings. The summed E-state index contributed by atoms with van der Waals surface area (Å²) < 4.78 is 5.35. The second-order valence-corrected chi connectivity index (χ2v) is 8.25. The number of alkyl carbamates (subject to hydrolysis) is 1. The van der Waals surface area contributed by atoms with Gasteiger partial charge in [0.05, 0.1) is 0 Å². The first-order valence-electron chi connectivity index (χ1n) is 8.49. The number of ether oxygens (including phenoxy) is 1. The van der Waals surface area contributed by atoms with E-state index in [1.807, 2.05) is 20.8 Å². The smallest absolute Gasteiger partial charge is 0.407 e. The van der Waals surface area contributed by atoms with E-state index in [2.05, 4.69) is 17.6 Å². The monoisotopic (exact) mass is 296 g/mol. The summed E-state index contributed by atoms with van der Waals surface area (Å²) in [4.78, 5) is 11.9. The standard InChI is InChI=1S/C17H32N2O2/c1-16(2,3)21-15(20)19-14-8-5-7-13(11-14)18-12-17(4)9-6-10-17/h13-14,18H,5-12H2,1-4H3,(H,19,20). The zero-order valence-corrected chi connectivity index (χ0v) is 14.1. The van der Waals surface area contributed by atoms with E-state index >= 15 is 0 Å². The van der Waals surface area contributed by atoms with Gasteiger partial charge in [0.15, 0.2) is 0 Å². The lowest BCUT2D eigenvalue weighted by atomic mass is 9.70. The summed E-state index contributed by atoms with van der Waals surface area (Å²) in [6.45, 7) is 9.20. The Balaban J connectivity index is 1.71. The lowest BCUT2D eigenvalue weighted by Gasteiger charge is -2.41. The Morgan fingerprint density at radius 2 is 1.86 bits per heavy atom. The van der Waals surface area contributed by atoms with Gasteiger partial charge in [-0.05, 0) is 64.7 Å². The van der Waals surface area contributed by atoms with Crippen LogP contribution in [0.25, 0.3) is 0 Å². The number of carbonyl (C=O) groups excluding carboxylic acids is 1. The van der Waals surface area contributed by atoms with E-state index in [-0.39, 0.29) is 12.1 Å². The summed E-state index contributed by atoms with van der Waals surface area (Å²) in [5.41, 5.74) is 0.0980. The highest BCUT2D eigenvalue weighted by atomic mass is 16.6. The van der Waals surface area contributed by atoms with Crippen LogP contribution in [0.3, 0.4) is 0 Å². The Morgan fingerprint density at radius 1 is 1.19 bits per heavy atom. The third kappa shape index (κ3) is 5.50. The lowest BCUT2D eigenvalue weighted by Crippen LogP contribution is -2.48. The van der Waals surface area contributed by atoms with Crippen LogP contribution < -0.4 is 10.6 Å². The van der Waals surface area contributed by atoms with E-state index < -0.39 is 5.60 Å². The van der Waals surface area contributed by atoms with Crippen molar-refractivity contribution in [2.75, 3.05) is 6.54 Å². The largest absolute Gasteiger partial charge is 0.444 e. The van der Waals surface area contributed by atoms with E-state index in [1.54, 1.807) is 0 Å². The van der Waals surface area contributed by atoms with Crippen LogP contribution in [0, 0.1) is 5.41 Å². The predicted octanol–water partition coefficient (Wildman–Crippen LogP) is 3.60. The molecule has 2 atom stereocenters. The number of carbonyl (C=O) groups is 1. The second kappa shape index (κ2) is 6.55. The fourth-order valence-electron chi connectivity index (χ4n) is 3.33. The van der Waals surface area contributed by atoms with Gasteiger partial charge in [-0.25, -0.2) is 4.79 Å². The summed E-state index contributed by atoms with van der Waals surface area (Å²) in [6.07, 6.45) is 8.30. The topological polar surface area (TPSA) is 50.4 Å². The molecule has 122 valence electrons. The van der Waals surface area contributed by atoms with Crippen molar-refractivity contribution in [2.24, 2.45) is 5.41 Å². The second-order valence-electron chi connectivity index (χ2n) is 8.25. The van der Waals surface area contributed by atoms with Gasteiger partial charge in [-0.3, -0.25) is 0 Å². The molecule has 2 N–H and O–H groups in total. The van der Waals surface area contributed by atoms with Gasteiger partial charge in [-0.1, -0.05) is 13.3 Å². The third-order valence-electron chi connectivity index (χ3n) is 4.77. The molecule has 0 heterocycles. The molecule has 4 nitrogen and oxygen atoms in total. The molecule has 2 aliphatic carbocycles. The van der Waals surface area contributed by atoms with Gasteiger partial charge in [0.1, 0.15) is 5.60 Å². The van der Waals surface area contributed by atoms with Gasteiger partial charge in [-0.15, -0.1) is 0 Å². The Hall–Kier alpha value is -0.770. The first kappa shape index (κ1) is 16.6. The number of hydrogen-bond donors (Lipinski definition) is 2. The Labute approximate surface area is 129 Å². The maximum Gasteiger partial charge on any atom is 0.407 e. The molecular weight excluding hydrogens is 264 g/mol. The van der Waals surface area contributed by atoms with Crippen molar-refractivity contribution in [2.45, 2.75) is 90.3 Å². The molecule has 2 saturated carbocycles. The highest BCUT2D eigenvalue weighted by Crippen LogP contribution is 2.39. The van der Waals surface area contributed by atoms with Crippen molar-refractivity contribution in [3.63, 3.8) is 0 Å². The zero-order chi connectivity index (χ0) is 15.5. The number of rotatable bonds is 4. The fourth-order valence-corrected chi connectivity index (χ4v) is 3.33. The molecule has 0 aromatic heterocycles. The van der Waals surface area contributed by atoms with Gasteiger partial charge in [0.2, 0.25) is 0 Å². The van der Waals surface area contributed by atoms with Gasteiger partial charge >= 0.3 is 6.09 Å². The lowest BCUT2D eigenvalue weighted by molar-refractivity contribution is 0.0486. The minimum atomic E-state index is -0.421. The van der Waals surface area contributed by atoms with Gasteiger partial charge in [0, 0.05) is 18.6 Å². The molecule has 0 aliphatic heterocycles. The zero-order valence-electron chi connectivity index (χ0n) is 14.1. The SMILES string of the molecule is CC1(CNC2CCCC(NC(=O)OC(C)(C)C)C2)CCC1. The third-order valence-corrected chi connectivity index (χ3v) is 4.77. The molecule has 1 amide bonds. The highest BCUT2D eigenvalue weighted by molar-refractivity contribution is 5.68. The average molecular weight is 296 g/mol. The van der Waals surface area contributed by atoms with Gasteiger partial charge in [0.25, 0.3) is 0 Å². The van der Waals surface area contributed by atoms with Crippen LogP contribution in [-0.2, 0) is 4.74 Å². The molecule has 0 aromatic carbocycles. The molecular formula is C17H32N2O2. The maximum absolute atomic E-state index is 11.9. The van der Waals surface area contributed by atoms with Crippen molar-refractivity contribution >= 4 is 6.09 Å². The van der Waals surface area contributed by atoms with Crippen LogP contribution in [-0.4, -0.2) is 30.3 Å². The van der Waals surface area contributed by atoms with Crippen LogP contribution in [0.15, 0.2) is 0 Å². The molecule has 0 spiro atoms. The average Bonchev–Trinajstić information content (AvgIpc) is 2.32. The van der Waals surface area contributed by atoms with Crippen molar-refractivity contribution in [3.8, 4) is 0 Å². The summed E-state index contributed by atoms with van der Waals surface area (Å²) in [7, 11) is 0. The Bertz CT molecular complexity index is 358. The van der Waals surface area contributed by atoms with Crippen LogP contribution >= 0.6 is 0 Å². The minimum absolute atomic E-state index is 0.250. The first-order chi connectivity index (χ1) is 9.76. The van der Waals surface area contributed by atoms with E-state index in [9.17, 15) is 4.79 Å². The van der Waals surface area contributed by atoms with Gasteiger partial charge in [-0.2, -0.15) is 0 Å². The predicted molar refractivity (Wildman–Crippen MR) is 85.4 cm³/mol. The number of amides is 1. The summed E-state index contributed by atoms with van der Waals surface area (Å²) >= 11 is 0. The maximum atomic E-state index is 11.9. The molecule has 4 heteroatoms. The van der Waals surface area contributed by atoms with Crippen LogP contribution in [0.4, 0.5) is 4.79 Å². The molecule has 2 rings (SSSR count). The number of nitrogens with one attached hydrogen (secondary N) is 2. The van der Waals surface area contributed by atoms with Crippen molar-refractivity contribution in [3.05, 3.63) is 0 Å². The van der Waals surface area contributed by atoms with Crippen LogP contribution in [0.1, 0.15) is 72.6 Å².